The molecule has 0 radical (unpaired) electrons. The molecule has 0 bridgehead atoms. The van der Waals surface area contributed by atoms with Crippen molar-refractivity contribution in [3.63, 3.8) is 0 Å². The number of anilines is 1. The highest BCUT2D eigenvalue weighted by molar-refractivity contribution is 7.92. The molecule has 2 rings (SSSR count). The molecule has 1 saturated carbocycles. The van der Waals surface area contributed by atoms with E-state index in [4.69, 9.17) is 4.74 Å². The van der Waals surface area contributed by atoms with Crippen molar-refractivity contribution in [2.24, 2.45) is 0 Å². The van der Waals surface area contributed by atoms with Crippen LogP contribution in [0.25, 0.3) is 0 Å². The van der Waals surface area contributed by atoms with Gasteiger partial charge >= 0.3 is 0 Å². The van der Waals surface area contributed by atoms with Crippen molar-refractivity contribution in [2.45, 2.75) is 37.9 Å². The molecule has 2 N–H and O–H groups in total. The quantitative estimate of drug-likeness (QED) is 0.883. The van der Waals surface area contributed by atoms with Crippen molar-refractivity contribution in [1.82, 2.24) is 0 Å². The topological polar surface area (TPSA) is 75.6 Å². The first-order chi connectivity index (χ1) is 8.94. The highest BCUT2D eigenvalue weighted by Crippen LogP contribution is 2.29. The van der Waals surface area contributed by atoms with Gasteiger partial charge < -0.3 is 9.84 Å². The summed E-state index contributed by atoms with van der Waals surface area (Å²) in [4.78, 5) is 0. The van der Waals surface area contributed by atoms with E-state index in [1.165, 1.54) is 0 Å². The van der Waals surface area contributed by atoms with Crippen LogP contribution < -0.4 is 9.46 Å². The Hall–Kier alpha value is -1.27. The van der Waals surface area contributed by atoms with Gasteiger partial charge in [-0.05, 0) is 31.4 Å². The fourth-order valence-corrected chi connectivity index (χ4v) is 2.83. The molecule has 0 heterocycles. The molecule has 1 aromatic carbocycles. The van der Waals surface area contributed by atoms with E-state index in [0.717, 1.165) is 25.5 Å². The number of nitrogens with one attached hydrogen (secondary N) is 1. The fourth-order valence-electron chi connectivity index (χ4n) is 2.26. The molecule has 0 aliphatic heterocycles. The van der Waals surface area contributed by atoms with Gasteiger partial charge in [0.1, 0.15) is 11.9 Å². The zero-order valence-electron chi connectivity index (χ0n) is 10.9. The number of hydrogen-bond acceptors (Lipinski definition) is 4. The second-order valence-electron chi connectivity index (χ2n) is 4.93. The van der Waals surface area contributed by atoms with Gasteiger partial charge in [-0.25, -0.2) is 8.42 Å². The summed E-state index contributed by atoms with van der Waals surface area (Å²) in [7, 11) is -3.33. The maximum Gasteiger partial charge on any atom is 0.229 e. The van der Waals surface area contributed by atoms with Crippen LogP contribution in [0.15, 0.2) is 24.3 Å². The molecule has 5 nitrogen and oxygen atoms in total. The predicted molar refractivity (Wildman–Crippen MR) is 73.8 cm³/mol. The van der Waals surface area contributed by atoms with Gasteiger partial charge in [0.15, 0.2) is 0 Å². The van der Waals surface area contributed by atoms with Crippen LogP contribution in [0.1, 0.15) is 25.7 Å². The summed E-state index contributed by atoms with van der Waals surface area (Å²) in [5, 5.41) is 9.62. The van der Waals surface area contributed by atoms with Gasteiger partial charge in [-0.1, -0.05) is 12.1 Å². The van der Waals surface area contributed by atoms with Crippen molar-refractivity contribution in [1.29, 1.82) is 0 Å². The van der Waals surface area contributed by atoms with Crippen LogP contribution in [-0.4, -0.2) is 32.0 Å². The standard InChI is InChI=1S/C13H19NO4S/c1-19(16,17)14-12-7-2-3-8-13(12)18-11-6-4-5-10(15)9-11/h2-3,7-8,10-11,14-15H,4-6,9H2,1H3. The molecular weight excluding hydrogens is 266 g/mol. The van der Waals surface area contributed by atoms with Crippen molar-refractivity contribution in [2.75, 3.05) is 11.0 Å². The van der Waals surface area contributed by atoms with Gasteiger partial charge in [-0.15, -0.1) is 0 Å². The molecule has 106 valence electrons. The number of sulfonamides is 1. The first-order valence-corrected chi connectivity index (χ1v) is 8.25. The zero-order valence-corrected chi connectivity index (χ0v) is 11.7. The molecule has 0 aromatic heterocycles. The molecule has 19 heavy (non-hydrogen) atoms. The summed E-state index contributed by atoms with van der Waals surface area (Å²) in [5.74, 6) is 0.507. The lowest BCUT2D eigenvalue weighted by molar-refractivity contribution is 0.0540. The zero-order chi connectivity index (χ0) is 13.9. The minimum atomic E-state index is -3.33. The number of para-hydroxylation sites is 2. The first kappa shape index (κ1) is 14.1. The lowest BCUT2D eigenvalue weighted by Crippen LogP contribution is -2.28. The Morgan fingerprint density at radius 3 is 2.74 bits per heavy atom. The summed E-state index contributed by atoms with van der Waals surface area (Å²) in [6.45, 7) is 0. The summed E-state index contributed by atoms with van der Waals surface area (Å²) in [6.07, 6.45) is 3.92. The molecule has 0 saturated heterocycles. The molecule has 0 spiro atoms. The molecule has 2 unspecified atom stereocenters. The number of aliphatic hydroxyl groups is 1. The predicted octanol–water partition coefficient (Wildman–Crippen LogP) is 1.74. The number of rotatable bonds is 4. The number of ether oxygens (including phenoxy) is 1. The van der Waals surface area contributed by atoms with Crippen molar-refractivity contribution in [3.8, 4) is 5.75 Å². The number of aliphatic hydroxyl groups excluding tert-OH is 1. The third kappa shape index (κ3) is 4.40. The van der Waals surface area contributed by atoms with E-state index in [1.807, 2.05) is 0 Å². The summed E-state index contributed by atoms with van der Waals surface area (Å²) in [6, 6.07) is 6.93. The second kappa shape index (κ2) is 5.79. The van der Waals surface area contributed by atoms with E-state index in [0.29, 0.717) is 17.9 Å². The average Bonchev–Trinajstić information content (AvgIpc) is 2.30. The number of hydrogen-bond donors (Lipinski definition) is 2. The van der Waals surface area contributed by atoms with E-state index in [-0.39, 0.29) is 12.2 Å². The Labute approximate surface area is 113 Å². The van der Waals surface area contributed by atoms with Crippen LogP contribution in [0.5, 0.6) is 5.75 Å². The van der Waals surface area contributed by atoms with Gasteiger partial charge in [-0.3, -0.25) is 4.72 Å². The number of benzene rings is 1. The van der Waals surface area contributed by atoms with Crippen LogP contribution >= 0.6 is 0 Å². The monoisotopic (exact) mass is 285 g/mol. The Kier molecular flexibility index (Phi) is 4.31. The Morgan fingerprint density at radius 1 is 1.32 bits per heavy atom. The van der Waals surface area contributed by atoms with Crippen LogP contribution in [0, 0.1) is 0 Å². The van der Waals surface area contributed by atoms with Crippen molar-refractivity contribution >= 4 is 15.7 Å². The van der Waals surface area contributed by atoms with Crippen LogP contribution in [0.3, 0.4) is 0 Å². The maximum atomic E-state index is 11.3. The molecule has 1 aliphatic carbocycles. The second-order valence-corrected chi connectivity index (χ2v) is 6.68. The maximum absolute atomic E-state index is 11.3. The Balaban J connectivity index is 2.11. The third-order valence-electron chi connectivity index (χ3n) is 3.07. The summed E-state index contributed by atoms with van der Waals surface area (Å²) >= 11 is 0. The smallest absolute Gasteiger partial charge is 0.229 e. The SMILES string of the molecule is CS(=O)(=O)Nc1ccccc1OC1CCCC(O)C1. The van der Waals surface area contributed by atoms with E-state index in [1.54, 1.807) is 24.3 Å². The summed E-state index contributed by atoms with van der Waals surface area (Å²) in [5.41, 5.74) is 0.435. The van der Waals surface area contributed by atoms with Gasteiger partial charge in [0.2, 0.25) is 10.0 Å². The van der Waals surface area contributed by atoms with E-state index in [9.17, 15) is 13.5 Å². The van der Waals surface area contributed by atoms with Crippen molar-refractivity contribution < 1.29 is 18.3 Å². The minimum absolute atomic E-state index is 0.0636. The minimum Gasteiger partial charge on any atom is -0.488 e. The normalized spacial score (nSPS) is 23.9. The van der Waals surface area contributed by atoms with E-state index >= 15 is 0 Å². The molecule has 1 aromatic rings. The molecule has 1 fully saturated rings. The van der Waals surface area contributed by atoms with Gasteiger partial charge in [-0.2, -0.15) is 0 Å². The average molecular weight is 285 g/mol. The molecule has 6 heteroatoms. The molecule has 2 atom stereocenters. The Morgan fingerprint density at radius 2 is 2.05 bits per heavy atom. The van der Waals surface area contributed by atoms with Gasteiger partial charge in [0.25, 0.3) is 0 Å². The summed E-state index contributed by atoms with van der Waals surface area (Å²) < 4.78 is 30.8. The largest absolute Gasteiger partial charge is 0.488 e. The fraction of sp³-hybridized carbons (Fsp3) is 0.538. The lowest BCUT2D eigenvalue weighted by atomic mass is 9.95. The molecule has 1 aliphatic rings. The van der Waals surface area contributed by atoms with Crippen LogP contribution in [0.2, 0.25) is 0 Å². The molecular formula is C13H19NO4S. The highest BCUT2D eigenvalue weighted by atomic mass is 32.2. The van der Waals surface area contributed by atoms with E-state index in [2.05, 4.69) is 4.72 Å². The van der Waals surface area contributed by atoms with Crippen LogP contribution in [-0.2, 0) is 10.0 Å². The van der Waals surface area contributed by atoms with Crippen molar-refractivity contribution in [3.05, 3.63) is 24.3 Å². The highest BCUT2D eigenvalue weighted by Gasteiger charge is 2.22. The lowest BCUT2D eigenvalue weighted by Gasteiger charge is -2.27. The third-order valence-corrected chi connectivity index (χ3v) is 3.67. The van der Waals surface area contributed by atoms with Gasteiger partial charge in [0, 0.05) is 6.42 Å². The van der Waals surface area contributed by atoms with E-state index < -0.39 is 10.0 Å². The first-order valence-electron chi connectivity index (χ1n) is 6.35. The van der Waals surface area contributed by atoms with Crippen LogP contribution in [0.4, 0.5) is 5.69 Å². The molecule has 0 amide bonds. The van der Waals surface area contributed by atoms with Gasteiger partial charge in [0.05, 0.1) is 18.0 Å². The Bertz CT molecular complexity index is 529.